The number of hydrogen-bond donors (Lipinski definition) is 1. The van der Waals surface area contributed by atoms with Crippen LogP contribution in [0.5, 0.6) is 5.75 Å². The zero-order valence-electron chi connectivity index (χ0n) is 21.8. The summed E-state index contributed by atoms with van der Waals surface area (Å²) in [6, 6.07) is 9.00. The maximum Gasteiger partial charge on any atom is 0.387 e. The van der Waals surface area contributed by atoms with Crippen LogP contribution in [0.3, 0.4) is 0 Å². The van der Waals surface area contributed by atoms with Crippen LogP contribution in [0.2, 0.25) is 0 Å². The number of rotatable bonds is 7. The summed E-state index contributed by atoms with van der Waals surface area (Å²) in [5.41, 5.74) is 0.478. The molecule has 13 heteroatoms. The average Bonchev–Trinajstić information content (AvgIpc) is 3.19. The van der Waals surface area contributed by atoms with Crippen LogP contribution in [0.25, 0.3) is 22.0 Å². The number of benzene rings is 2. The number of aliphatic hydroxyl groups excluding tert-OH is 1. The molecule has 0 radical (unpaired) electrons. The van der Waals surface area contributed by atoms with Crippen LogP contribution in [0.15, 0.2) is 53.6 Å². The van der Waals surface area contributed by atoms with E-state index in [-0.39, 0.29) is 40.7 Å². The number of aliphatic hydroxyl groups is 1. The van der Waals surface area contributed by atoms with Crippen LogP contribution in [0, 0.1) is 5.82 Å². The first-order valence-electron chi connectivity index (χ1n) is 12.6. The monoisotopic (exact) mass is 556 g/mol. The number of carbonyl (C=O) groups excluding carboxylic acids is 1. The molecule has 5 rings (SSSR count). The highest BCUT2D eigenvalue weighted by Crippen LogP contribution is 2.30. The Morgan fingerprint density at radius 2 is 1.88 bits per heavy atom. The maximum absolute atomic E-state index is 16.0. The van der Waals surface area contributed by atoms with E-state index >= 15 is 4.39 Å². The Hall–Kier alpha value is -4.39. The standard InChI is InChI=1S/C27H27F3N6O4/c1-16-13-34(9-10-35(16)22(38)15-37)27-31-11-18(12-32-27)19-7-8-20-24(23(19)28)36(33(2)25(20)39)14-17-5-3-4-6-21(17)40-26(29)30/h3-8,11-12,16,26,37H,9-10,13-15H2,1-2H3. The van der Waals surface area contributed by atoms with Crippen LogP contribution < -0.4 is 15.2 Å². The summed E-state index contributed by atoms with van der Waals surface area (Å²) in [6.45, 7) is -0.438. The first-order chi connectivity index (χ1) is 19.2. The second-order valence-corrected chi connectivity index (χ2v) is 9.51. The highest BCUT2D eigenvalue weighted by atomic mass is 19.3. The molecule has 10 nitrogen and oxygen atoms in total. The number of nitrogens with zero attached hydrogens (tertiary/aromatic N) is 6. The number of aromatic nitrogens is 4. The van der Waals surface area contributed by atoms with Crippen molar-refractivity contribution in [1.29, 1.82) is 0 Å². The van der Waals surface area contributed by atoms with Crippen LogP contribution in [-0.2, 0) is 18.4 Å². The second kappa shape index (κ2) is 11.0. The summed E-state index contributed by atoms with van der Waals surface area (Å²) in [5.74, 6) is -0.661. The third-order valence-corrected chi connectivity index (χ3v) is 7.08. The molecule has 0 aliphatic carbocycles. The van der Waals surface area contributed by atoms with Gasteiger partial charge < -0.3 is 19.6 Å². The fourth-order valence-corrected chi connectivity index (χ4v) is 5.06. The zero-order valence-corrected chi connectivity index (χ0v) is 21.8. The van der Waals surface area contributed by atoms with Crippen LogP contribution in [-0.4, -0.2) is 74.1 Å². The quantitative estimate of drug-likeness (QED) is 0.373. The Labute approximate surface area is 226 Å². The van der Waals surface area contributed by atoms with E-state index < -0.39 is 24.6 Å². The number of alkyl halides is 2. The minimum Gasteiger partial charge on any atom is -0.434 e. The fourth-order valence-electron chi connectivity index (χ4n) is 5.06. The number of carbonyl (C=O) groups is 1. The molecular weight excluding hydrogens is 529 g/mol. The molecule has 40 heavy (non-hydrogen) atoms. The van der Waals surface area contributed by atoms with Gasteiger partial charge in [-0.25, -0.2) is 14.4 Å². The summed E-state index contributed by atoms with van der Waals surface area (Å²) in [4.78, 5) is 37.1. The van der Waals surface area contributed by atoms with Gasteiger partial charge in [-0.15, -0.1) is 0 Å². The molecule has 1 unspecified atom stereocenters. The van der Waals surface area contributed by atoms with Gasteiger partial charge in [0.2, 0.25) is 11.9 Å². The Balaban J connectivity index is 1.46. The maximum atomic E-state index is 16.0. The van der Waals surface area contributed by atoms with Gasteiger partial charge in [-0.2, -0.15) is 8.78 Å². The van der Waals surface area contributed by atoms with Gasteiger partial charge in [0, 0.05) is 61.8 Å². The first kappa shape index (κ1) is 27.2. The molecule has 1 N–H and O–H groups in total. The molecule has 1 atom stereocenters. The van der Waals surface area contributed by atoms with Crippen LogP contribution >= 0.6 is 0 Å². The van der Waals surface area contributed by atoms with Crippen molar-refractivity contribution in [2.24, 2.45) is 7.05 Å². The van der Waals surface area contributed by atoms with Crippen molar-refractivity contribution >= 4 is 22.8 Å². The third-order valence-electron chi connectivity index (χ3n) is 7.08. The lowest BCUT2D eigenvalue weighted by atomic mass is 10.1. The molecule has 3 heterocycles. The third kappa shape index (κ3) is 4.99. The number of para-hydroxylation sites is 1. The summed E-state index contributed by atoms with van der Waals surface area (Å²) in [7, 11) is 1.48. The fraction of sp³-hybridized carbons (Fsp3) is 0.333. The van der Waals surface area contributed by atoms with Crippen molar-refractivity contribution in [3.05, 3.63) is 70.5 Å². The molecule has 1 aliphatic rings. The lowest BCUT2D eigenvalue weighted by molar-refractivity contribution is -0.136. The lowest BCUT2D eigenvalue weighted by Crippen LogP contribution is -2.55. The minimum absolute atomic E-state index is 0.0134. The summed E-state index contributed by atoms with van der Waals surface area (Å²) < 4.78 is 49.1. The normalized spacial score (nSPS) is 15.7. The molecule has 0 spiro atoms. The summed E-state index contributed by atoms with van der Waals surface area (Å²) in [5, 5.41) is 9.29. The molecule has 1 aliphatic heterocycles. The topological polar surface area (TPSA) is 106 Å². The van der Waals surface area contributed by atoms with Gasteiger partial charge in [0.15, 0.2) is 5.82 Å². The Bertz CT molecular complexity index is 1600. The number of anilines is 1. The van der Waals surface area contributed by atoms with Gasteiger partial charge in [0.25, 0.3) is 5.56 Å². The molecular formula is C27H27F3N6O4. The largest absolute Gasteiger partial charge is 0.434 e. The molecule has 0 saturated carbocycles. The van der Waals surface area contributed by atoms with E-state index in [0.29, 0.717) is 36.7 Å². The van der Waals surface area contributed by atoms with Crippen molar-refractivity contribution in [1.82, 2.24) is 24.2 Å². The molecule has 0 bridgehead atoms. The van der Waals surface area contributed by atoms with Gasteiger partial charge in [-0.1, -0.05) is 24.3 Å². The van der Waals surface area contributed by atoms with Crippen molar-refractivity contribution in [3.8, 4) is 16.9 Å². The summed E-state index contributed by atoms with van der Waals surface area (Å²) in [6.07, 6.45) is 2.97. The predicted octanol–water partition coefficient (Wildman–Crippen LogP) is 2.62. The minimum atomic E-state index is -3.03. The lowest BCUT2D eigenvalue weighted by Gasteiger charge is -2.39. The highest BCUT2D eigenvalue weighted by Gasteiger charge is 2.28. The molecule has 210 valence electrons. The smallest absolute Gasteiger partial charge is 0.387 e. The van der Waals surface area contributed by atoms with Gasteiger partial charge in [0.1, 0.15) is 17.9 Å². The second-order valence-electron chi connectivity index (χ2n) is 9.51. The number of hydrogen-bond acceptors (Lipinski definition) is 7. The van der Waals surface area contributed by atoms with E-state index in [1.54, 1.807) is 23.1 Å². The van der Waals surface area contributed by atoms with Gasteiger partial charge in [0.05, 0.1) is 11.9 Å². The Morgan fingerprint density at radius 1 is 1.15 bits per heavy atom. The van der Waals surface area contributed by atoms with Gasteiger partial charge in [-0.05, 0) is 19.1 Å². The molecule has 1 fully saturated rings. The number of halogens is 3. The SMILES string of the molecule is CC1CN(c2ncc(-c3ccc4c(=O)n(C)n(Cc5ccccc5OC(F)F)c4c3F)cn2)CCN1C(=O)CO. The average molecular weight is 557 g/mol. The van der Waals surface area contributed by atoms with Crippen molar-refractivity contribution in [2.45, 2.75) is 26.1 Å². The Morgan fingerprint density at radius 3 is 2.55 bits per heavy atom. The highest BCUT2D eigenvalue weighted by molar-refractivity contribution is 5.85. The summed E-state index contributed by atoms with van der Waals surface area (Å²) >= 11 is 0. The molecule has 1 amide bonds. The van der Waals surface area contributed by atoms with Crippen LogP contribution in [0.1, 0.15) is 12.5 Å². The van der Waals surface area contributed by atoms with E-state index in [0.717, 1.165) is 0 Å². The van der Waals surface area contributed by atoms with Crippen LogP contribution in [0.4, 0.5) is 19.1 Å². The van der Waals surface area contributed by atoms with E-state index in [4.69, 9.17) is 5.11 Å². The molecule has 2 aromatic carbocycles. The van der Waals surface area contributed by atoms with E-state index in [2.05, 4.69) is 14.7 Å². The number of amides is 1. The number of piperazine rings is 1. The number of fused-ring (bicyclic) bond motifs is 1. The van der Waals surface area contributed by atoms with E-state index in [1.165, 1.54) is 47.0 Å². The van der Waals surface area contributed by atoms with Crippen molar-refractivity contribution in [2.75, 3.05) is 31.1 Å². The Kier molecular flexibility index (Phi) is 7.48. The zero-order chi connectivity index (χ0) is 28.6. The predicted molar refractivity (Wildman–Crippen MR) is 141 cm³/mol. The van der Waals surface area contributed by atoms with E-state index in [1.807, 2.05) is 11.8 Å². The molecule has 2 aromatic heterocycles. The van der Waals surface area contributed by atoms with E-state index in [9.17, 15) is 18.4 Å². The number of ether oxygens (including phenoxy) is 1. The van der Waals surface area contributed by atoms with Gasteiger partial charge >= 0.3 is 6.61 Å². The molecule has 4 aromatic rings. The van der Waals surface area contributed by atoms with Crippen molar-refractivity contribution < 1.29 is 27.8 Å². The first-order valence-corrected chi connectivity index (χ1v) is 12.6. The molecule has 1 saturated heterocycles. The van der Waals surface area contributed by atoms with Crippen molar-refractivity contribution in [3.63, 3.8) is 0 Å². The van der Waals surface area contributed by atoms with Gasteiger partial charge in [-0.3, -0.25) is 19.0 Å².